The molecule has 29 heavy (non-hydrogen) atoms. The van der Waals surface area contributed by atoms with E-state index in [9.17, 15) is 5.11 Å². The number of aliphatic hydroxyl groups is 1. The van der Waals surface area contributed by atoms with Crippen molar-refractivity contribution < 1.29 is 9.84 Å². The largest absolute Gasteiger partial charge is 0.490 e. The van der Waals surface area contributed by atoms with Crippen LogP contribution >= 0.6 is 11.9 Å². The second-order valence-electron chi connectivity index (χ2n) is 7.58. The molecule has 5 heteroatoms. The maximum atomic E-state index is 9.49. The molecular weight excluding hydrogens is 380 g/mol. The Labute approximate surface area is 176 Å². The molecular formula is C24H28N2O2S. The molecule has 152 valence electrons. The Morgan fingerprint density at radius 1 is 1.21 bits per heavy atom. The topological polar surface area (TPSA) is 54.4 Å². The number of pyridine rings is 1. The van der Waals surface area contributed by atoms with E-state index in [0.29, 0.717) is 0 Å². The monoisotopic (exact) mass is 408 g/mol. The predicted octanol–water partition coefficient (Wildman–Crippen LogP) is 5.34. The second-order valence-corrected chi connectivity index (χ2v) is 8.77. The SMILES string of the molecule is CCC(CCNSC1CC1)Oc1cc(-c2cccc(CO)c2)cc2ccncc12. The quantitative estimate of drug-likeness (QED) is 0.350. The van der Waals surface area contributed by atoms with Crippen molar-refractivity contribution >= 4 is 22.7 Å². The Morgan fingerprint density at radius 3 is 2.90 bits per heavy atom. The van der Waals surface area contributed by atoms with Gasteiger partial charge in [0.05, 0.1) is 12.7 Å². The lowest BCUT2D eigenvalue weighted by Crippen LogP contribution is -2.21. The molecule has 1 fully saturated rings. The number of aliphatic hydroxyl groups excluding tert-OH is 1. The van der Waals surface area contributed by atoms with E-state index < -0.39 is 0 Å². The van der Waals surface area contributed by atoms with Crippen LogP contribution in [-0.2, 0) is 6.61 Å². The fraction of sp³-hybridized carbons (Fsp3) is 0.375. The predicted molar refractivity (Wildman–Crippen MR) is 121 cm³/mol. The summed E-state index contributed by atoms with van der Waals surface area (Å²) < 4.78 is 9.97. The molecule has 0 bridgehead atoms. The third-order valence-corrected chi connectivity index (χ3v) is 6.43. The third kappa shape index (κ3) is 5.30. The molecule has 1 aliphatic carbocycles. The van der Waals surface area contributed by atoms with Crippen LogP contribution < -0.4 is 9.46 Å². The Morgan fingerprint density at radius 2 is 2.10 bits per heavy atom. The first-order valence-electron chi connectivity index (χ1n) is 10.4. The molecule has 1 aromatic heterocycles. The zero-order valence-electron chi connectivity index (χ0n) is 16.8. The van der Waals surface area contributed by atoms with Crippen LogP contribution in [0.25, 0.3) is 21.9 Å². The molecule has 1 saturated carbocycles. The molecule has 0 spiro atoms. The molecule has 0 aliphatic heterocycles. The van der Waals surface area contributed by atoms with Gasteiger partial charge in [-0.2, -0.15) is 0 Å². The molecule has 2 N–H and O–H groups in total. The van der Waals surface area contributed by atoms with Gasteiger partial charge in [-0.1, -0.05) is 37.1 Å². The summed E-state index contributed by atoms with van der Waals surface area (Å²) in [7, 11) is 0. The van der Waals surface area contributed by atoms with Crippen LogP contribution in [-0.4, -0.2) is 28.0 Å². The number of nitrogens with one attached hydrogen (secondary N) is 1. The van der Waals surface area contributed by atoms with Gasteiger partial charge in [0.1, 0.15) is 5.75 Å². The molecule has 1 aliphatic rings. The van der Waals surface area contributed by atoms with E-state index in [0.717, 1.165) is 57.8 Å². The number of benzene rings is 2. The molecule has 1 unspecified atom stereocenters. The smallest absolute Gasteiger partial charge is 0.129 e. The van der Waals surface area contributed by atoms with Gasteiger partial charge in [0.2, 0.25) is 0 Å². The number of nitrogens with zero attached hydrogens (tertiary/aromatic N) is 1. The van der Waals surface area contributed by atoms with E-state index in [1.807, 2.05) is 48.6 Å². The van der Waals surface area contributed by atoms with Crippen molar-refractivity contribution in [3.8, 4) is 16.9 Å². The summed E-state index contributed by atoms with van der Waals surface area (Å²) in [5.74, 6) is 0.877. The van der Waals surface area contributed by atoms with E-state index >= 15 is 0 Å². The third-order valence-electron chi connectivity index (χ3n) is 5.25. The van der Waals surface area contributed by atoms with Gasteiger partial charge in [0.15, 0.2) is 0 Å². The van der Waals surface area contributed by atoms with Crippen LogP contribution in [0.15, 0.2) is 54.9 Å². The number of fused-ring (bicyclic) bond motifs is 1. The van der Waals surface area contributed by atoms with Crippen LogP contribution in [0.1, 0.15) is 38.2 Å². The standard InChI is InChI=1S/C24H28N2O2S/c1-2-21(9-11-26-29-22-6-7-22)28-24-14-20(13-19-8-10-25-15-23(19)24)18-5-3-4-17(12-18)16-27/h3-5,8,10,12-15,21-22,26-27H,2,6-7,9,11,16H2,1H3. The molecule has 3 aromatic rings. The maximum absolute atomic E-state index is 9.49. The summed E-state index contributed by atoms with van der Waals surface area (Å²) in [6.45, 7) is 3.17. The number of rotatable bonds is 10. The molecule has 2 aromatic carbocycles. The second kappa shape index (κ2) is 9.61. The van der Waals surface area contributed by atoms with Crippen LogP contribution in [0.4, 0.5) is 0 Å². The normalized spacial score (nSPS) is 14.8. The molecule has 4 rings (SSSR count). The first-order valence-corrected chi connectivity index (χ1v) is 11.3. The van der Waals surface area contributed by atoms with E-state index in [-0.39, 0.29) is 12.7 Å². The molecule has 0 saturated heterocycles. The lowest BCUT2D eigenvalue weighted by atomic mass is 10.00. The lowest BCUT2D eigenvalue weighted by Gasteiger charge is -2.20. The van der Waals surface area contributed by atoms with Gasteiger partial charge in [-0.05, 0) is 72.0 Å². The van der Waals surface area contributed by atoms with Crippen LogP contribution in [0.5, 0.6) is 5.75 Å². The molecule has 4 nitrogen and oxygen atoms in total. The minimum atomic E-state index is 0.0402. The van der Waals surface area contributed by atoms with Crippen molar-refractivity contribution in [1.82, 2.24) is 9.71 Å². The van der Waals surface area contributed by atoms with E-state index in [4.69, 9.17) is 4.74 Å². The summed E-state index contributed by atoms with van der Waals surface area (Å²) in [4.78, 5) is 4.31. The summed E-state index contributed by atoms with van der Waals surface area (Å²) in [5.41, 5.74) is 3.08. The van der Waals surface area contributed by atoms with E-state index in [1.165, 1.54) is 12.8 Å². The Bertz CT molecular complexity index is 959. The highest BCUT2D eigenvalue weighted by atomic mass is 32.2. The van der Waals surface area contributed by atoms with Gasteiger partial charge < -0.3 is 9.84 Å². The summed E-state index contributed by atoms with van der Waals surface area (Å²) in [5, 5.41) is 12.4. The van der Waals surface area contributed by atoms with E-state index in [2.05, 4.69) is 34.8 Å². The van der Waals surface area contributed by atoms with Gasteiger partial charge in [-0.15, -0.1) is 0 Å². The minimum Gasteiger partial charge on any atom is -0.490 e. The number of aromatic nitrogens is 1. The Hall–Kier alpha value is -2.08. The van der Waals surface area contributed by atoms with Crippen molar-refractivity contribution in [2.24, 2.45) is 0 Å². The summed E-state index contributed by atoms with van der Waals surface area (Å²) in [6, 6.07) is 14.3. The highest BCUT2D eigenvalue weighted by molar-refractivity contribution is 7.98. The molecule has 1 heterocycles. The van der Waals surface area contributed by atoms with Gasteiger partial charge in [-0.25, -0.2) is 0 Å². The molecule has 0 amide bonds. The average Bonchev–Trinajstić information content (AvgIpc) is 3.60. The van der Waals surface area contributed by atoms with Crippen molar-refractivity contribution in [3.63, 3.8) is 0 Å². The zero-order valence-corrected chi connectivity index (χ0v) is 17.6. The van der Waals surface area contributed by atoms with Gasteiger partial charge >= 0.3 is 0 Å². The van der Waals surface area contributed by atoms with Gasteiger partial charge in [0.25, 0.3) is 0 Å². The average molecular weight is 409 g/mol. The number of hydrogen-bond acceptors (Lipinski definition) is 5. The van der Waals surface area contributed by atoms with Crippen molar-refractivity contribution in [1.29, 1.82) is 0 Å². The van der Waals surface area contributed by atoms with E-state index in [1.54, 1.807) is 0 Å². The van der Waals surface area contributed by atoms with Crippen molar-refractivity contribution in [2.45, 2.75) is 50.6 Å². The van der Waals surface area contributed by atoms with Gasteiger partial charge in [0, 0.05) is 29.6 Å². The number of hydrogen-bond donors (Lipinski definition) is 2. The summed E-state index contributed by atoms with van der Waals surface area (Å²) >= 11 is 1.87. The van der Waals surface area contributed by atoms with Crippen LogP contribution in [0.2, 0.25) is 0 Å². The zero-order chi connectivity index (χ0) is 20.1. The van der Waals surface area contributed by atoms with Crippen molar-refractivity contribution in [2.75, 3.05) is 6.54 Å². The Kier molecular flexibility index (Phi) is 6.70. The van der Waals surface area contributed by atoms with Gasteiger partial charge in [-0.3, -0.25) is 9.71 Å². The summed E-state index contributed by atoms with van der Waals surface area (Å²) in [6.07, 6.45) is 8.47. The number of ether oxygens (including phenoxy) is 1. The van der Waals surface area contributed by atoms with Crippen molar-refractivity contribution in [3.05, 3.63) is 60.4 Å². The minimum absolute atomic E-state index is 0.0402. The molecule has 0 radical (unpaired) electrons. The van der Waals surface area contributed by atoms with Crippen LogP contribution in [0.3, 0.4) is 0 Å². The molecule has 1 atom stereocenters. The fourth-order valence-electron chi connectivity index (χ4n) is 3.39. The lowest BCUT2D eigenvalue weighted by molar-refractivity contribution is 0.191. The maximum Gasteiger partial charge on any atom is 0.129 e. The first kappa shape index (κ1) is 20.2. The first-order chi connectivity index (χ1) is 14.3. The fourth-order valence-corrected chi connectivity index (χ4v) is 4.23. The highest BCUT2D eigenvalue weighted by Crippen LogP contribution is 2.34. The van der Waals surface area contributed by atoms with Crippen LogP contribution in [0, 0.1) is 0 Å². The highest BCUT2D eigenvalue weighted by Gasteiger charge is 2.21. The Balaban J connectivity index is 1.57.